The molecule has 4 nitrogen and oxygen atoms in total. The molecular formula is C3H7NO3. The lowest BCUT2D eigenvalue weighted by Crippen LogP contribution is -2.25. The molecule has 0 radical (unpaired) electrons. The van der Waals surface area contributed by atoms with Gasteiger partial charge in [-0.05, 0) is 0 Å². The van der Waals surface area contributed by atoms with Crippen molar-refractivity contribution in [1.82, 2.24) is 5.06 Å². The third-order valence-electron chi connectivity index (χ3n) is 0.496. The summed E-state index contributed by atoms with van der Waals surface area (Å²) >= 11 is 0. The molecule has 0 saturated carbocycles. The maximum absolute atomic E-state index is 9.94. The summed E-state index contributed by atoms with van der Waals surface area (Å²) in [5.41, 5.74) is 0. The molecule has 0 saturated heterocycles. The van der Waals surface area contributed by atoms with E-state index in [1.54, 1.807) is 0 Å². The van der Waals surface area contributed by atoms with Crippen LogP contribution < -0.4 is 0 Å². The monoisotopic (exact) mass is 105 g/mol. The first-order valence-electron chi connectivity index (χ1n) is 1.74. The zero-order valence-electron chi connectivity index (χ0n) is 3.96. The second-order valence-corrected chi connectivity index (χ2v) is 1.08. The fourth-order valence-electron chi connectivity index (χ4n) is 0.102. The molecule has 0 fully saturated rings. The van der Waals surface area contributed by atoms with Gasteiger partial charge in [0.25, 0.3) is 5.91 Å². The van der Waals surface area contributed by atoms with Gasteiger partial charge in [0.15, 0.2) is 0 Å². The minimum atomic E-state index is -0.708. The second kappa shape index (κ2) is 2.54. The molecule has 42 valence electrons. The van der Waals surface area contributed by atoms with Crippen LogP contribution in [0.25, 0.3) is 0 Å². The Bertz CT molecular complexity index is 70.6. The van der Waals surface area contributed by atoms with Crippen LogP contribution in [-0.4, -0.2) is 34.9 Å². The van der Waals surface area contributed by atoms with Crippen LogP contribution in [0.5, 0.6) is 0 Å². The Balaban J connectivity index is 3.35. The van der Waals surface area contributed by atoms with Gasteiger partial charge in [0.1, 0.15) is 6.61 Å². The molecule has 0 spiro atoms. The number of likely N-dealkylation sites (N-methyl/N-ethyl adjacent to an activating group) is 1. The topological polar surface area (TPSA) is 60.8 Å². The van der Waals surface area contributed by atoms with Gasteiger partial charge < -0.3 is 5.11 Å². The molecule has 0 aliphatic rings. The molecule has 0 bridgehead atoms. The van der Waals surface area contributed by atoms with Crippen LogP contribution in [0.1, 0.15) is 0 Å². The minimum Gasteiger partial charge on any atom is -0.386 e. The molecule has 0 aliphatic heterocycles. The van der Waals surface area contributed by atoms with Crippen molar-refractivity contribution in [1.29, 1.82) is 0 Å². The van der Waals surface area contributed by atoms with Crippen LogP contribution >= 0.6 is 0 Å². The highest BCUT2D eigenvalue weighted by Gasteiger charge is 1.99. The number of rotatable bonds is 1. The fraction of sp³-hybridized carbons (Fsp3) is 0.667. The maximum Gasteiger partial charge on any atom is 0.271 e. The van der Waals surface area contributed by atoms with E-state index in [0.29, 0.717) is 5.06 Å². The number of hydroxylamine groups is 2. The predicted octanol–water partition coefficient (Wildman–Crippen LogP) is -1.17. The lowest BCUT2D eigenvalue weighted by molar-refractivity contribution is -0.162. The maximum atomic E-state index is 9.94. The van der Waals surface area contributed by atoms with Gasteiger partial charge in [-0.3, -0.25) is 10.0 Å². The van der Waals surface area contributed by atoms with Gasteiger partial charge in [-0.1, -0.05) is 0 Å². The number of hydrogen-bond acceptors (Lipinski definition) is 3. The molecule has 4 heteroatoms. The number of aliphatic hydroxyl groups is 1. The summed E-state index contributed by atoms with van der Waals surface area (Å²) in [5, 5.41) is 16.4. The number of amides is 1. The second-order valence-electron chi connectivity index (χ2n) is 1.08. The summed E-state index contributed by atoms with van der Waals surface area (Å²) in [6.45, 7) is -0.646. The molecule has 0 heterocycles. The Morgan fingerprint density at radius 3 is 2.29 bits per heavy atom. The van der Waals surface area contributed by atoms with Crippen molar-refractivity contribution in [2.75, 3.05) is 13.7 Å². The van der Waals surface area contributed by atoms with E-state index < -0.39 is 12.5 Å². The third kappa shape index (κ3) is 2.13. The molecule has 0 aromatic rings. The number of aliphatic hydroxyl groups excluding tert-OH is 1. The van der Waals surface area contributed by atoms with E-state index >= 15 is 0 Å². The predicted molar refractivity (Wildman–Crippen MR) is 21.6 cm³/mol. The van der Waals surface area contributed by atoms with Crippen molar-refractivity contribution in [2.45, 2.75) is 0 Å². The molecule has 7 heavy (non-hydrogen) atoms. The van der Waals surface area contributed by atoms with Gasteiger partial charge >= 0.3 is 0 Å². The highest BCUT2D eigenvalue weighted by molar-refractivity contribution is 5.75. The minimum absolute atomic E-state index is 0.333. The average Bonchev–Trinajstić information content (AvgIpc) is 1.65. The Hall–Kier alpha value is -0.610. The van der Waals surface area contributed by atoms with Crippen LogP contribution in [0.2, 0.25) is 0 Å². The first kappa shape index (κ1) is 6.39. The van der Waals surface area contributed by atoms with Gasteiger partial charge in [0.2, 0.25) is 0 Å². The van der Waals surface area contributed by atoms with Crippen molar-refractivity contribution < 1.29 is 15.1 Å². The third-order valence-corrected chi connectivity index (χ3v) is 0.496. The van der Waals surface area contributed by atoms with Gasteiger partial charge in [0.05, 0.1) is 0 Å². The standard InChI is InChI=1S/C3H7NO3/c1-4(7)3(6)2-5/h5,7H,2H2,1H3. The molecule has 0 aliphatic carbocycles. The van der Waals surface area contributed by atoms with Gasteiger partial charge in [-0.25, -0.2) is 5.06 Å². The van der Waals surface area contributed by atoms with Crippen LogP contribution in [0, 0.1) is 0 Å². The van der Waals surface area contributed by atoms with Crippen molar-refractivity contribution >= 4 is 5.91 Å². The van der Waals surface area contributed by atoms with Crippen LogP contribution in [0.3, 0.4) is 0 Å². The Morgan fingerprint density at radius 2 is 2.29 bits per heavy atom. The smallest absolute Gasteiger partial charge is 0.271 e. The van der Waals surface area contributed by atoms with Gasteiger partial charge in [-0.2, -0.15) is 0 Å². The molecule has 2 N–H and O–H groups in total. The fourth-order valence-corrected chi connectivity index (χ4v) is 0.102. The summed E-state index contributed by atoms with van der Waals surface area (Å²) in [6, 6.07) is 0. The largest absolute Gasteiger partial charge is 0.386 e. The molecule has 1 amide bonds. The van der Waals surface area contributed by atoms with E-state index in [1.165, 1.54) is 0 Å². The highest BCUT2D eigenvalue weighted by atomic mass is 16.5. The Kier molecular flexibility index (Phi) is 2.32. The van der Waals surface area contributed by atoms with E-state index in [9.17, 15) is 4.79 Å². The Labute approximate surface area is 40.9 Å². The summed E-state index contributed by atoms with van der Waals surface area (Å²) in [6.07, 6.45) is 0. The average molecular weight is 105 g/mol. The molecule has 0 aromatic heterocycles. The van der Waals surface area contributed by atoms with E-state index in [4.69, 9.17) is 10.3 Å². The molecule has 0 aromatic carbocycles. The number of carbonyl (C=O) groups is 1. The highest BCUT2D eigenvalue weighted by Crippen LogP contribution is 1.71. The zero-order valence-corrected chi connectivity index (χ0v) is 3.96. The quantitative estimate of drug-likeness (QED) is 0.326. The van der Waals surface area contributed by atoms with Crippen molar-refractivity contribution in [2.24, 2.45) is 0 Å². The summed E-state index contributed by atoms with van der Waals surface area (Å²) in [4.78, 5) is 9.94. The summed E-state index contributed by atoms with van der Waals surface area (Å²) in [7, 11) is 1.15. The Morgan fingerprint density at radius 1 is 1.86 bits per heavy atom. The number of hydrogen-bond donors (Lipinski definition) is 2. The first-order chi connectivity index (χ1) is 3.18. The lowest BCUT2D eigenvalue weighted by atomic mass is 10.7. The molecular weight excluding hydrogens is 98.0 g/mol. The van der Waals surface area contributed by atoms with E-state index in [0.717, 1.165) is 7.05 Å². The summed E-state index contributed by atoms with van der Waals surface area (Å²) in [5.74, 6) is -0.708. The van der Waals surface area contributed by atoms with Crippen LogP contribution in [-0.2, 0) is 4.79 Å². The number of nitrogens with zero attached hydrogens (tertiary/aromatic N) is 1. The van der Waals surface area contributed by atoms with Crippen LogP contribution in [0.15, 0.2) is 0 Å². The number of carbonyl (C=O) groups excluding carboxylic acids is 1. The molecule has 0 rings (SSSR count). The molecule has 0 unspecified atom stereocenters. The van der Waals surface area contributed by atoms with Crippen molar-refractivity contribution in [3.63, 3.8) is 0 Å². The van der Waals surface area contributed by atoms with Gasteiger partial charge in [-0.15, -0.1) is 0 Å². The normalized spacial score (nSPS) is 8.43. The van der Waals surface area contributed by atoms with Crippen molar-refractivity contribution in [3.05, 3.63) is 0 Å². The first-order valence-corrected chi connectivity index (χ1v) is 1.74. The molecule has 0 atom stereocenters. The van der Waals surface area contributed by atoms with Gasteiger partial charge in [0, 0.05) is 7.05 Å². The van der Waals surface area contributed by atoms with E-state index in [-0.39, 0.29) is 0 Å². The van der Waals surface area contributed by atoms with E-state index in [1.807, 2.05) is 0 Å². The summed E-state index contributed by atoms with van der Waals surface area (Å²) < 4.78 is 0. The SMILES string of the molecule is CN(O)C(=O)CO. The van der Waals surface area contributed by atoms with Crippen LogP contribution in [0.4, 0.5) is 0 Å². The van der Waals surface area contributed by atoms with E-state index in [2.05, 4.69) is 0 Å². The zero-order chi connectivity index (χ0) is 5.86. The lowest BCUT2D eigenvalue weighted by Gasteiger charge is -2.02. The van der Waals surface area contributed by atoms with Crippen molar-refractivity contribution in [3.8, 4) is 0 Å².